The van der Waals surface area contributed by atoms with Crippen LogP contribution in [-0.4, -0.2) is 9.55 Å². The Morgan fingerprint density at radius 2 is 1.55 bits per heavy atom. The van der Waals surface area contributed by atoms with Crippen molar-refractivity contribution >= 4 is 11.0 Å². The lowest BCUT2D eigenvalue weighted by Crippen LogP contribution is -2.16. The number of nitrogens with zero attached hydrogens (tertiary/aromatic N) is 2. The van der Waals surface area contributed by atoms with Crippen LogP contribution in [0.25, 0.3) is 22.4 Å². The standard InChI is InChI=1S/C18H20N2/c1-18(2,3)13-20-16-12-8-7-11-15(16)19-17(20)14-9-5-4-6-10-14/h4-12H,13H2,1-3H3. The molecular formula is C18H20N2. The Morgan fingerprint density at radius 1 is 0.900 bits per heavy atom. The van der Waals surface area contributed by atoms with Crippen LogP contribution in [-0.2, 0) is 6.54 Å². The van der Waals surface area contributed by atoms with Gasteiger partial charge in [-0.25, -0.2) is 4.98 Å². The van der Waals surface area contributed by atoms with E-state index in [2.05, 4.69) is 67.8 Å². The van der Waals surface area contributed by atoms with Crippen LogP contribution >= 0.6 is 0 Å². The summed E-state index contributed by atoms with van der Waals surface area (Å²) in [5.41, 5.74) is 3.66. The number of hydrogen-bond donors (Lipinski definition) is 0. The first-order valence-electron chi connectivity index (χ1n) is 7.05. The van der Waals surface area contributed by atoms with Gasteiger partial charge in [0.1, 0.15) is 5.82 Å². The van der Waals surface area contributed by atoms with Gasteiger partial charge in [-0.1, -0.05) is 63.2 Å². The van der Waals surface area contributed by atoms with Crippen LogP contribution in [0, 0.1) is 5.41 Å². The average Bonchev–Trinajstić information content (AvgIpc) is 2.77. The first-order valence-corrected chi connectivity index (χ1v) is 7.05. The van der Waals surface area contributed by atoms with E-state index in [1.165, 1.54) is 11.1 Å². The van der Waals surface area contributed by atoms with Gasteiger partial charge in [-0.05, 0) is 17.5 Å². The van der Waals surface area contributed by atoms with Crippen LogP contribution in [0.5, 0.6) is 0 Å². The minimum atomic E-state index is 0.215. The first kappa shape index (κ1) is 12.9. The van der Waals surface area contributed by atoms with E-state index in [-0.39, 0.29) is 5.41 Å². The van der Waals surface area contributed by atoms with Gasteiger partial charge in [0.15, 0.2) is 0 Å². The third-order valence-electron chi connectivity index (χ3n) is 3.32. The van der Waals surface area contributed by atoms with Crippen molar-refractivity contribution in [1.29, 1.82) is 0 Å². The van der Waals surface area contributed by atoms with Gasteiger partial charge in [-0.3, -0.25) is 0 Å². The van der Waals surface area contributed by atoms with Gasteiger partial charge in [0.05, 0.1) is 11.0 Å². The largest absolute Gasteiger partial charge is 0.323 e. The van der Waals surface area contributed by atoms with Crippen LogP contribution in [0.15, 0.2) is 54.6 Å². The van der Waals surface area contributed by atoms with Gasteiger partial charge < -0.3 is 4.57 Å². The molecule has 2 nitrogen and oxygen atoms in total. The fourth-order valence-corrected chi connectivity index (χ4v) is 2.52. The highest BCUT2D eigenvalue weighted by molar-refractivity contribution is 5.80. The van der Waals surface area contributed by atoms with Crippen molar-refractivity contribution in [2.45, 2.75) is 27.3 Å². The van der Waals surface area contributed by atoms with E-state index in [0.717, 1.165) is 17.9 Å². The highest BCUT2D eigenvalue weighted by atomic mass is 15.1. The van der Waals surface area contributed by atoms with E-state index in [1.54, 1.807) is 0 Å². The van der Waals surface area contributed by atoms with Gasteiger partial charge >= 0.3 is 0 Å². The summed E-state index contributed by atoms with van der Waals surface area (Å²) in [7, 11) is 0. The molecule has 1 aromatic heterocycles. The number of fused-ring (bicyclic) bond motifs is 1. The topological polar surface area (TPSA) is 17.8 Å². The predicted molar refractivity (Wildman–Crippen MR) is 84.6 cm³/mol. The highest BCUT2D eigenvalue weighted by Crippen LogP contribution is 2.28. The molecule has 2 heteroatoms. The molecular weight excluding hydrogens is 244 g/mol. The van der Waals surface area contributed by atoms with E-state index in [9.17, 15) is 0 Å². The van der Waals surface area contributed by atoms with Crippen molar-refractivity contribution in [3.05, 3.63) is 54.6 Å². The number of para-hydroxylation sites is 2. The summed E-state index contributed by atoms with van der Waals surface area (Å²) in [6.07, 6.45) is 0. The number of rotatable bonds is 2. The summed E-state index contributed by atoms with van der Waals surface area (Å²) >= 11 is 0. The van der Waals surface area contributed by atoms with Gasteiger partial charge in [0, 0.05) is 12.1 Å². The molecule has 0 fully saturated rings. The summed E-state index contributed by atoms with van der Waals surface area (Å²) in [5, 5.41) is 0. The molecule has 3 rings (SSSR count). The molecule has 20 heavy (non-hydrogen) atoms. The maximum Gasteiger partial charge on any atom is 0.141 e. The lowest BCUT2D eigenvalue weighted by molar-refractivity contribution is 0.350. The maximum absolute atomic E-state index is 4.83. The smallest absolute Gasteiger partial charge is 0.141 e. The zero-order chi connectivity index (χ0) is 14.2. The minimum Gasteiger partial charge on any atom is -0.323 e. The first-order chi connectivity index (χ1) is 9.54. The Balaban J connectivity index is 2.23. The van der Waals surface area contributed by atoms with Gasteiger partial charge in [-0.2, -0.15) is 0 Å². The van der Waals surface area contributed by atoms with Gasteiger partial charge in [-0.15, -0.1) is 0 Å². The van der Waals surface area contributed by atoms with Gasteiger partial charge in [0.25, 0.3) is 0 Å². The van der Waals surface area contributed by atoms with Crippen LogP contribution in [0.2, 0.25) is 0 Å². The third kappa shape index (κ3) is 2.46. The van der Waals surface area contributed by atoms with Crippen molar-refractivity contribution in [2.24, 2.45) is 5.41 Å². The molecule has 0 atom stereocenters. The van der Waals surface area contributed by atoms with Gasteiger partial charge in [0.2, 0.25) is 0 Å². The Labute approximate surface area is 120 Å². The van der Waals surface area contributed by atoms with Crippen LogP contribution < -0.4 is 0 Å². The molecule has 0 N–H and O–H groups in total. The second kappa shape index (κ2) is 4.78. The Kier molecular flexibility index (Phi) is 3.09. The Morgan fingerprint density at radius 3 is 2.25 bits per heavy atom. The molecule has 0 bridgehead atoms. The van der Waals surface area contributed by atoms with Crippen LogP contribution in [0.3, 0.4) is 0 Å². The summed E-state index contributed by atoms with van der Waals surface area (Å²) in [6, 6.07) is 18.8. The quantitative estimate of drug-likeness (QED) is 0.653. The molecule has 0 unspecified atom stereocenters. The van der Waals surface area contributed by atoms with Crippen molar-refractivity contribution in [1.82, 2.24) is 9.55 Å². The van der Waals surface area contributed by atoms with E-state index in [0.29, 0.717) is 0 Å². The summed E-state index contributed by atoms with van der Waals surface area (Å²) < 4.78 is 2.34. The monoisotopic (exact) mass is 264 g/mol. The molecule has 0 aliphatic carbocycles. The minimum absolute atomic E-state index is 0.215. The molecule has 102 valence electrons. The number of aromatic nitrogens is 2. The summed E-state index contributed by atoms with van der Waals surface area (Å²) in [4.78, 5) is 4.83. The van der Waals surface area contributed by atoms with E-state index in [1.807, 2.05) is 12.1 Å². The second-order valence-corrected chi connectivity index (χ2v) is 6.44. The van der Waals surface area contributed by atoms with E-state index in [4.69, 9.17) is 4.98 Å². The highest BCUT2D eigenvalue weighted by Gasteiger charge is 2.18. The van der Waals surface area contributed by atoms with Crippen LogP contribution in [0.4, 0.5) is 0 Å². The lowest BCUT2D eigenvalue weighted by atomic mass is 9.96. The fourth-order valence-electron chi connectivity index (χ4n) is 2.52. The van der Waals surface area contributed by atoms with Crippen molar-refractivity contribution < 1.29 is 0 Å². The predicted octanol–water partition coefficient (Wildman–Crippen LogP) is 4.75. The zero-order valence-corrected chi connectivity index (χ0v) is 12.3. The molecule has 0 aliphatic heterocycles. The molecule has 0 radical (unpaired) electrons. The number of benzene rings is 2. The molecule has 0 aliphatic rings. The lowest BCUT2D eigenvalue weighted by Gasteiger charge is -2.21. The zero-order valence-electron chi connectivity index (χ0n) is 12.3. The van der Waals surface area contributed by atoms with E-state index >= 15 is 0 Å². The van der Waals surface area contributed by atoms with Crippen molar-refractivity contribution in [3.63, 3.8) is 0 Å². The second-order valence-electron chi connectivity index (χ2n) is 6.44. The summed E-state index contributed by atoms with van der Waals surface area (Å²) in [5.74, 6) is 1.06. The summed E-state index contributed by atoms with van der Waals surface area (Å²) in [6.45, 7) is 7.74. The van der Waals surface area contributed by atoms with Crippen molar-refractivity contribution in [3.8, 4) is 11.4 Å². The molecule has 0 spiro atoms. The average molecular weight is 264 g/mol. The number of hydrogen-bond acceptors (Lipinski definition) is 1. The molecule has 1 heterocycles. The molecule has 3 aromatic rings. The van der Waals surface area contributed by atoms with Crippen molar-refractivity contribution in [2.75, 3.05) is 0 Å². The fraction of sp³-hybridized carbons (Fsp3) is 0.278. The molecule has 0 saturated carbocycles. The molecule has 0 amide bonds. The Hall–Kier alpha value is -2.09. The molecule has 2 aromatic carbocycles. The van der Waals surface area contributed by atoms with E-state index < -0.39 is 0 Å². The molecule has 0 saturated heterocycles. The Bertz CT molecular complexity index is 718. The number of imidazole rings is 1. The maximum atomic E-state index is 4.83. The van der Waals surface area contributed by atoms with Crippen LogP contribution in [0.1, 0.15) is 20.8 Å². The normalized spacial score (nSPS) is 11.9. The SMILES string of the molecule is CC(C)(C)Cn1c(-c2ccccc2)nc2ccccc21. The third-order valence-corrected chi connectivity index (χ3v) is 3.32.